The number of anilines is 2. The van der Waals surface area contributed by atoms with Gasteiger partial charge in [0.25, 0.3) is 5.91 Å². The fourth-order valence-electron chi connectivity index (χ4n) is 2.55. The third-order valence-corrected chi connectivity index (χ3v) is 5.18. The second-order valence-electron chi connectivity index (χ2n) is 6.14. The van der Waals surface area contributed by atoms with Crippen LogP contribution in [-0.2, 0) is 9.59 Å². The van der Waals surface area contributed by atoms with E-state index >= 15 is 0 Å². The van der Waals surface area contributed by atoms with Gasteiger partial charge < -0.3 is 10.1 Å². The molecule has 1 N–H and O–H groups in total. The molecule has 0 saturated heterocycles. The Hall–Kier alpha value is -2.80. The minimum absolute atomic E-state index is 0.0934. The van der Waals surface area contributed by atoms with Gasteiger partial charge in [-0.2, -0.15) is 0 Å². The number of amidine groups is 1. The number of aliphatic imine (C=N–C) groups is 1. The number of hydrogen-bond donors (Lipinski definition) is 1. The van der Waals surface area contributed by atoms with Gasteiger partial charge in [-0.3, -0.25) is 19.5 Å². The summed E-state index contributed by atoms with van der Waals surface area (Å²) in [6, 6.07) is 14.8. The average molecular weight is 383 g/mol. The van der Waals surface area contributed by atoms with E-state index in [1.54, 1.807) is 43.2 Å². The highest BCUT2D eigenvalue weighted by Gasteiger charge is 2.30. The number of nitrogens with zero attached hydrogens (tertiary/aromatic N) is 2. The number of ether oxygens (including phenoxy) is 1. The van der Waals surface area contributed by atoms with Crippen LogP contribution < -0.4 is 15.0 Å². The standard InChI is InChI=1S/C20H21N3O3S/c1-13-4-8-16(9-5-13)23-18(24)12-21-20(23)27-14(2)19(25)22-15-6-10-17(26-3)11-7-15/h4-11,14H,12H2,1-3H3,(H,22,25)/t14-/m0/s1. The van der Waals surface area contributed by atoms with Crippen molar-refractivity contribution < 1.29 is 14.3 Å². The predicted molar refractivity (Wildman–Crippen MR) is 110 cm³/mol. The number of rotatable bonds is 5. The molecule has 0 aliphatic carbocycles. The molecule has 0 bridgehead atoms. The second kappa shape index (κ2) is 8.26. The van der Waals surface area contributed by atoms with Gasteiger partial charge in [0, 0.05) is 5.69 Å². The van der Waals surface area contributed by atoms with E-state index < -0.39 is 5.25 Å². The largest absolute Gasteiger partial charge is 0.497 e. The average Bonchev–Trinajstić information content (AvgIpc) is 3.03. The van der Waals surface area contributed by atoms with E-state index in [0.29, 0.717) is 10.9 Å². The number of hydrogen-bond acceptors (Lipinski definition) is 5. The molecule has 0 unspecified atom stereocenters. The molecule has 0 saturated carbocycles. The summed E-state index contributed by atoms with van der Waals surface area (Å²) in [5, 5.41) is 3.00. The van der Waals surface area contributed by atoms with E-state index in [2.05, 4.69) is 10.3 Å². The molecule has 27 heavy (non-hydrogen) atoms. The Bertz CT molecular complexity index is 863. The molecule has 140 valence electrons. The van der Waals surface area contributed by atoms with Crippen LogP contribution >= 0.6 is 11.8 Å². The highest BCUT2D eigenvalue weighted by atomic mass is 32.2. The van der Waals surface area contributed by atoms with Crippen molar-refractivity contribution in [3.8, 4) is 5.75 Å². The third-order valence-electron chi connectivity index (χ3n) is 4.09. The molecule has 0 radical (unpaired) electrons. The van der Waals surface area contributed by atoms with Crippen LogP contribution in [0.25, 0.3) is 0 Å². The number of benzene rings is 2. The topological polar surface area (TPSA) is 71.0 Å². The van der Waals surface area contributed by atoms with Crippen molar-refractivity contribution in [1.82, 2.24) is 0 Å². The molecule has 3 rings (SSSR count). The lowest BCUT2D eigenvalue weighted by Gasteiger charge is -2.20. The molecule has 0 spiro atoms. The summed E-state index contributed by atoms with van der Waals surface area (Å²) < 4.78 is 5.11. The van der Waals surface area contributed by atoms with E-state index in [1.165, 1.54) is 11.8 Å². The number of aryl methyl sites for hydroxylation is 1. The Morgan fingerprint density at radius 2 is 1.85 bits per heavy atom. The molecular formula is C20H21N3O3S. The molecule has 1 atom stereocenters. The highest BCUT2D eigenvalue weighted by molar-refractivity contribution is 8.15. The minimum atomic E-state index is -0.412. The SMILES string of the molecule is COc1ccc(NC(=O)[C@H](C)SC2=NCC(=O)N2c2ccc(C)cc2)cc1. The summed E-state index contributed by atoms with van der Waals surface area (Å²) in [7, 11) is 1.59. The van der Waals surface area contributed by atoms with Crippen LogP contribution in [-0.4, -0.2) is 35.9 Å². The maximum Gasteiger partial charge on any atom is 0.254 e. The van der Waals surface area contributed by atoms with Gasteiger partial charge in [0.2, 0.25) is 5.91 Å². The number of carbonyl (C=O) groups excluding carboxylic acids is 2. The number of amides is 2. The van der Waals surface area contributed by atoms with Crippen LogP contribution in [0.5, 0.6) is 5.75 Å². The first-order valence-corrected chi connectivity index (χ1v) is 9.41. The van der Waals surface area contributed by atoms with E-state index in [0.717, 1.165) is 17.0 Å². The monoisotopic (exact) mass is 383 g/mol. The molecule has 0 aromatic heterocycles. The molecule has 6 nitrogen and oxygen atoms in total. The fraction of sp³-hybridized carbons (Fsp3) is 0.250. The van der Waals surface area contributed by atoms with Gasteiger partial charge in [0.05, 0.1) is 18.0 Å². The van der Waals surface area contributed by atoms with Gasteiger partial charge in [-0.05, 0) is 50.2 Å². The summed E-state index contributed by atoms with van der Waals surface area (Å²) in [6.07, 6.45) is 0. The molecule has 2 aromatic rings. The van der Waals surface area contributed by atoms with Gasteiger partial charge in [0.15, 0.2) is 5.17 Å². The molecule has 1 aliphatic rings. The van der Waals surface area contributed by atoms with Gasteiger partial charge in [-0.25, -0.2) is 0 Å². The summed E-state index contributed by atoms with van der Waals surface area (Å²) >= 11 is 1.27. The van der Waals surface area contributed by atoms with E-state index in [1.807, 2.05) is 31.2 Å². The molecule has 7 heteroatoms. The molecule has 2 amide bonds. The van der Waals surface area contributed by atoms with Crippen molar-refractivity contribution in [3.63, 3.8) is 0 Å². The fourth-order valence-corrected chi connectivity index (χ4v) is 3.49. The van der Waals surface area contributed by atoms with Crippen LogP contribution in [0.2, 0.25) is 0 Å². The van der Waals surface area contributed by atoms with Crippen molar-refractivity contribution >= 4 is 40.1 Å². The maximum atomic E-state index is 12.5. The first kappa shape index (κ1) is 19.0. The minimum Gasteiger partial charge on any atom is -0.497 e. The lowest BCUT2D eigenvalue weighted by Crippen LogP contribution is -2.33. The summed E-state index contributed by atoms with van der Waals surface area (Å²) in [6.45, 7) is 3.89. The number of thioether (sulfide) groups is 1. The summed E-state index contributed by atoms with van der Waals surface area (Å²) in [4.78, 5) is 30.6. The predicted octanol–water partition coefficient (Wildman–Crippen LogP) is 3.47. The maximum absolute atomic E-state index is 12.5. The van der Waals surface area contributed by atoms with E-state index in [-0.39, 0.29) is 18.4 Å². The lowest BCUT2D eigenvalue weighted by molar-refractivity contribution is -0.116. The highest BCUT2D eigenvalue weighted by Crippen LogP contribution is 2.27. The number of methoxy groups -OCH3 is 1. The first-order valence-electron chi connectivity index (χ1n) is 8.53. The second-order valence-corrected chi connectivity index (χ2v) is 7.45. The van der Waals surface area contributed by atoms with E-state index in [9.17, 15) is 9.59 Å². The zero-order valence-electron chi connectivity index (χ0n) is 15.4. The van der Waals surface area contributed by atoms with Crippen LogP contribution in [0.3, 0.4) is 0 Å². The van der Waals surface area contributed by atoms with Crippen LogP contribution in [0, 0.1) is 6.92 Å². The summed E-state index contributed by atoms with van der Waals surface area (Å²) in [5.74, 6) is 0.475. The Labute approximate surface area is 162 Å². The molecule has 0 fully saturated rings. The molecular weight excluding hydrogens is 362 g/mol. The lowest BCUT2D eigenvalue weighted by atomic mass is 10.2. The Balaban J connectivity index is 1.66. The van der Waals surface area contributed by atoms with Crippen LogP contribution in [0.1, 0.15) is 12.5 Å². The molecule has 1 aliphatic heterocycles. The third kappa shape index (κ3) is 4.49. The zero-order chi connectivity index (χ0) is 19.4. The van der Waals surface area contributed by atoms with Crippen LogP contribution in [0.4, 0.5) is 11.4 Å². The van der Waals surface area contributed by atoms with Gasteiger partial charge in [-0.15, -0.1) is 0 Å². The van der Waals surface area contributed by atoms with Crippen LogP contribution in [0.15, 0.2) is 53.5 Å². The first-order chi connectivity index (χ1) is 13.0. The normalized spacial score (nSPS) is 14.7. The Kier molecular flexibility index (Phi) is 5.81. The quantitative estimate of drug-likeness (QED) is 0.858. The van der Waals surface area contributed by atoms with Crippen molar-refractivity contribution in [2.45, 2.75) is 19.1 Å². The number of nitrogens with one attached hydrogen (secondary N) is 1. The molecule has 1 heterocycles. The summed E-state index contributed by atoms with van der Waals surface area (Å²) in [5.41, 5.74) is 2.56. The smallest absolute Gasteiger partial charge is 0.254 e. The Morgan fingerprint density at radius 3 is 2.48 bits per heavy atom. The Morgan fingerprint density at radius 1 is 1.19 bits per heavy atom. The van der Waals surface area contributed by atoms with Crippen molar-refractivity contribution in [3.05, 3.63) is 54.1 Å². The zero-order valence-corrected chi connectivity index (χ0v) is 16.2. The van der Waals surface area contributed by atoms with E-state index in [4.69, 9.17) is 4.74 Å². The van der Waals surface area contributed by atoms with Gasteiger partial charge in [-0.1, -0.05) is 29.5 Å². The van der Waals surface area contributed by atoms with Crippen molar-refractivity contribution in [2.24, 2.45) is 4.99 Å². The molecule has 2 aromatic carbocycles. The van der Waals surface area contributed by atoms with Gasteiger partial charge >= 0.3 is 0 Å². The number of carbonyl (C=O) groups is 2. The van der Waals surface area contributed by atoms with Crippen molar-refractivity contribution in [2.75, 3.05) is 23.9 Å². The van der Waals surface area contributed by atoms with Crippen molar-refractivity contribution in [1.29, 1.82) is 0 Å². The van der Waals surface area contributed by atoms with Gasteiger partial charge in [0.1, 0.15) is 12.3 Å².